The molecule has 1 N–H and O–H groups in total. The third-order valence-electron chi connectivity index (χ3n) is 4.03. The quantitative estimate of drug-likeness (QED) is 0.864. The number of carboxylic acids is 1. The summed E-state index contributed by atoms with van der Waals surface area (Å²) in [4.78, 5) is 25.0. The molecule has 0 aliphatic carbocycles. The summed E-state index contributed by atoms with van der Waals surface area (Å²) in [6.07, 6.45) is 0.823. The maximum absolute atomic E-state index is 13.1. The van der Waals surface area contributed by atoms with E-state index < -0.39 is 17.7 Å². The van der Waals surface area contributed by atoms with Crippen LogP contribution in [0.1, 0.15) is 39.9 Å². The maximum atomic E-state index is 13.1. The van der Waals surface area contributed by atoms with Crippen molar-refractivity contribution in [1.82, 2.24) is 0 Å². The number of rotatable bonds is 4. The van der Waals surface area contributed by atoms with Gasteiger partial charge < -0.3 is 5.11 Å². The number of fused-ring (bicyclic) bond motifs is 1. The molecule has 1 aliphatic rings. The first-order chi connectivity index (χ1) is 11.0. The van der Waals surface area contributed by atoms with E-state index in [1.807, 2.05) is 6.07 Å². The van der Waals surface area contributed by atoms with Crippen LogP contribution >= 0.6 is 11.8 Å². The fourth-order valence-corrected chi connectivity index (χ4v) is 3.83. The fraction of sp³-hybridized carbons (Fsp3) is 0.222. The number of hydrogen-bond donors (Lipinski definition) is 1. The number of carbonyl (C=O) groups is 2. The van der Waals surface area contributed by atoms with Crippen molar-refractivity contribution in [2.45, 2.75) is 24.2 Å². The zero-order valence-corrected chi connectivity index (χ0v) is 13.3. The Hall–Kier alpha value is -2.14. The first-order valence-corrected chi connectivity index (χ1v) is 8.28. The number of carboxylic acid groups (broad SMARTS) is 1. The second-order valence-corrected chi connectivity index (χ2v) is 6.66. The molecule has 3 nitrogen and oxygen atoms in total. The zero-order valence-electron chi connectivity index (χ0n) is 12.5. The van der Waals surface area contributed by atoms with Gasteiger partial charge in [-0.15, -0.1) is 11.8 Å². The lowest BCUT2D eigenvalue weighted by atomic mass is 9.92. The minimum absolute atomic E-state index is 0.199. The van der Waals surface area contributed by atoms with Crippen molar-refractivity contribution in [1.29, 1.82) is 0 Å². The normalized spacial score (nSPS) is 14.3. The first-order valence-electron chi connectivity index (χ1n) is 7.30. The summed E-state index contributed by atoms with van der Waals surface area (Å²) in [6, 6.07) is 8.97. The van der Waals surface area contributed by atoms with Gasteiger partial charge in [0.25, 0.3) is 0 Å². The molecule has 3 rings (SSSR count). The Balaban J connectivity index is 2.09. The summed E-state index contributed by atoms with van der Waals surface area (Å²) in [6.45, 7) is 1.61. The van der Waals surface area contributed by atoms with Crippen molar-refractivity contribution in [2.24, 2.45) is 0 Å². The van der Waals surface area contributed by atoms with Gasteiger partial charge in [0.2, 0.25) is 0 Å². The first kappa shape index (κ1) is 15.7. The highest BCUT2D eigenvalue weighted by molar-refractivity contribution is 7.99. The smallest absolute Gasteiger partial charge is 0.310 e. The average molecular weight is 330 g/mol. The summed E-state index contributed by atoms with van der Waals surface area (Å²) in [7, 11) is 0. The van der Waals surface area contributed by atoms with Gasteiger partial charge in [0.05, 0.1) is 5.92 Å². The predicted octanol–water partition coefficient (Wildman–Crippen LogP) is 3.89. The third-order valence-corrected chi connectivity index (χ3v) is 5.21. The van der Waals surface area contributed by atoms with Gasteiger partial charge in [-0.25, -0.2) is 4.39 Å². The lowest BCUT2D eigenvalue weighted by Gasteiger charge is -2.13. The van der Waals surface area contributed by atoms with Crippen molar-refractivity contribution in [2.75, 3.05) is 5.75 Å². The third kappa shape index (κ3) is 3.01. The van der Waals surface area contributed by atoms with Crippen LogP contribution in [0.4, 0.5) is 4.39 Å². The highest BCUT2D eigenvalue weighted by Crippen LogP contribution is 2.37. The number of halogens is 1. The van der Waals surface area contributed by atoms with Crippen LogP contribution in [0.2, 0.25) is 0 Å². The Morgan fingerprint density at radius 3 is 2.57 bits per heavy atom. The Kier molecular flexibility index (Phi) is 4.22. The highest BCUT2D eigenvalue weighted by Gasteiger charge is 2.25. The monoisotopic (exact) mass is 330 g/mol. The molecule has 23 heavy (non-hydrogen) atoms. The molecule has 0 radical (unpaired) electrons. The van der Waals surface area contributed by atoms with Gasteiger partial charge in [-0.05, 0) is 54.8 Å². The molecular weight excluding hydrogens is 315 g/mol. The minimum atomic E-state index is -0.921. The molecule has 0 saturated heterocycles. The number of carbonyl (C=O) groups excluding carboxylic acids is 1. The van der Waals surface area contributed by atoms with Gasteiger partial charge in [0.15, 0.2) is 5.78 Å². The molecule has 1 aliphatic heterocycles. The molecule has 0 spiro atoms. The van der Waals surface area contributed by atoms with E-state index in [0.29, 0.717) is 16.7 Å². The maximum Gasteiger partial charge on any atom is 0.310 e. The molecule has 5 heteroatoms. The van der Waals surface area contributed by atoms with Crippen LogP contribution in [0.5, 0.6) is 0 Å². The van der Waals surface area contributed by atoms with E-state index in [0.717, 1.165) is 22.6 Å². The largest absolute Gasteiger partial charge is 0.481 e. The molecule has 2 aromatic carbocycles. The number of ketones is 1. The van der Waals surface area contributed by atoms with E-state index >= 15 is 0 Å². The Bertz CT molecular complexity index is 784. The van der Waals surface area contributed by atoms with E-state index in [1.54, 1.807) is 24.8 Å². The summed E-state index contributed by atoms with van der Waals surface area (Å²) in [5, 5.41) is 9.23. The van der Waals surface area contributed by atoms with Crippen LogP contribution in [-0.4, -0.2) is 22.6 Å². The van der Waals surface area contributed by atoms with Crippen molar-refractivity contribution < 1.29 is 19.1 Å². The van der Waals surface area contributed by atoms with E-state index in [4.69, 9.17) is 0 Å². The summed E-state index contributed by atoms with van der Waals surface area (Å²) >= 11 is 1.61. The molecule has 1 heterocycles. The Morgan fingerprint density at radius 2 is 1.91 bits per heavy atom. The second kappa shape index (κ2) is 6.16. The molecule has 0 amide bonds. The number of aryl methyl sites for hydroxylation is 1. The van der Waals surface area contributed by atoms with Crippen LogP contribution < -0.4 is 0 Å². The number of thioether (sulfide) groups is 1. The molecule has 2 aromatic rings. The predicted molar refractivity (Wildman–Crippen MR) is 86.8 cm³/mol. The van der Waals surface area contributed by atoms with Crippen LogP contribution in [0, 0.1) is 5.82 Å². The SMILES string of the molecule is CC(C(=O)O)c1cc2c(c(C(=O)c3ccc(F)cc3)c1)SCC2. The number of hydrogen-bond acceptors (Lipinski definition) is 3. The highest BCUT2D eigenvalue weighted by atomic mass is 32.2. The van der Waals surface area contributed by atoms with Gasteiger partial charge in [0, 0.05) is 21.8 Å². The van der Waals surface area contributed by atoms with Crippen molar-refractivity contribution >= 4 is 23.5 Å². The molecule has 0 fully saturated rings. The zero-order chi connectivity index (χ0) is 16.6. The lowest BCUT2D eigenvalue weighted by molar-refractivity contribution is -0.138. The molecule has 1 unspecified atom stereocenters. The molecule has 0 bridgehead atoms. The van der Waals surface area contributed by atoms with Crippen molar-refractivity contribution in [3.8, 4) is 0 Å². The van der Waals surface area contributed by atoms with Crippen LogP contribution in [0.3, 0.4) is 0 Å². The summed E-state index contributed by atoms with van der Waals surface area (Å²) in [5.41, 5.74) is 2.57. The van der Waals surface area contributed by atoms with Gasteiger partial charge in [0.1, 0.15) is 5.82 Å². The molecular formula is C18H15FO3S. The lowest BCUT2D eigenvalue weighted by Crippen LogP contribution is -2.11. The summed E-state index contributed by atoms with van der Waals surface area (Å²) in [5.74, 6) is -1.31. The Morgan fingerprint density at radius 1 is 1.22 bits per heavy atom. The van der Waals surface area contributed by atoms with E-state index in [2.05, 4.69) is 0 Å². The average Bonchev–Trinajstić information content (AvgIpc) is 3.01. The van der Waals surface area contributed by atoms with Gasteiger partial charge in [-0.3, -0.25) is 9.59 Å². The second-order valence-electron chi connectivity index (χ2n) is 5.55. The van der Waals surface area contributed by atoms with Gasteiger partial charge in [-0.2, -0.15) is 0 Å². The fourth-order valence-electron chi connectivity index (χ4n) is 2.65. The van der Waals surface area contributed by atoms with Crippen LogP contribution in [0.15, 0.2) is 41.3 Å². The molecule has 0 aromatic heterocycles. The van der Waals surface area contributed by atoms with E-state index in [-0.39, 0.29) is 5.78 Å². The summed E-state index contributed by atoms with van der Waals surface area (Å²) < 4.78 is 13.1. The molecule has 0 saturated carbocycles. The Labute approximate surface area is 137 Å². The van der Waals surface area contributed by atoms with Crippen LogP contribution in [0.25, 0.3) is 0 Å². The van der Waals surface area contributed by atoms with E-state index in [1.165, 1.54) is 24.3 Å². The molecule has 118 valence electrons. The van der Waals surface area contributed by atoms with E-state index in [9.17, 15) is 19.1 Å². The van der Waals surface area contributed by atoms with Gasteiger partial charge >= 0.3 is 5.97 Å². The van der Waals surface area contributed by atoms with Crippen LogP contribution in [-0.2, 0) is 11.2 Å². The minimum Gasteiger partial charge on any atom is -0.481 e. The van der Waals surface area contributed by atoms with Gasteiger partial charge in [-0.1, -0.05) is 6.07 Å². The van der Waals surface area contributed by atoms with Crippen molar-refractivity contribution in [3.63, 3.8) is 0 Å². The number of aliphatic carboxylic acids is 1. The van der Waals surface area contributed by atoms with Crippen molar-refractivity contribution in [3.05, 3.63) is 64.5 Å². The standard InChI is InChI=1S/C18H15FO3S/c1-10(18(21)22)13-8-12-6-7-23-17(12)15(9-13)16(20)11-2-4-14(19)5-3-11/h2-5,8-10H,6-7H2,1H3,(H,21,22). The number of benzene rings is 2. The molecule has 1 atom stereocenters. The topological polar surface area (TPSA) is 54.4 Å².